The number of nitrogens with zero attached hydrogens (tertiary/aromatic N) is 4. The number of carbonyl (C=O) groups excluding carboxylic acids is 2. The number of amides is 2. The molecule has 14 heteroatoms. The summed E-state index contributed by atoms with van der Waals surface area (Å²) in [6, 6.07) is 37.3. The minimum atomic E-state index is 0.135. The monoisotopic (exact) mass is 919 g/mol. The van der Waals surface area contributed by atoms with Gasteiger partial charge in [0, 0.05) is 118 Å². The molecule has 0 radical (unpaired) electrons. The zero-order valence-corrected chi connectivity index (χ0v) is 39.9. The van der Waals surface area contributed by atoms with Crippen molar-refractivity contribution in [2.45, 2.75) is 19.3 Å². The van der Waals surface area contributed by atoms with Crippen molar-refractivity contribution in [3.05, 3.63) is 131 Å². The van der Waals surface area contributed by atoms with E-state index in [4.69, 9.17) is 9.47 Å². The molecule has 4 aromatic carbocycles. The second kappa shape index (κ2) is 31.2. The fourth-order valence-electron chi connectivity index (χ4n) is 8.26. The fourth-order valence-corrected chi connectivity index (χ4v) is 8.26. The number of benzene rings is 4. The van der Waals surface area contributed by atoms with Gasteiger partial charge < -0.3 is 51.2 Å². The maximum absolute atomic E-state index is 13.8. The lowest BCUT2D eigenvalue weighted by Crippen LogP contribution is -2.47. The molecule has 2 fully saturated rings. The molecule has 2 amide bonds. The summed E-state index contributed by atoms with van der Waals surface area (Å²) in [6.07, 6.45) is 2.38. The first kappa shape index (κ1) is 51.5. The van der Waals surface area contributed by atoms with Crippen molar-refractivity contribution in [3.63, 3.8) is 0 Å². The van der Waals surface area contributed by atoms with Crippen molar-refractivity contribution in [1.82, 2.24) is 51.5 Å². The summed E-state index contributed by atoms with van der Waals surface area (Å²) in [6.45, 7) is 18.1. The Hall–Kier alpha value is -4.90. The van der Waals surface area contributed by atoms with Crippen LogP contribution in [0.15, 0.2) is 109 Å². The Morgan fingerprint density at radius 2 is 0.731 bits per heavy atom. The minimum Gasteiger partial charge on any atom is -0.492 e. The Bertz CT molecular complexity index is 1760. The van der Waals surface area contributed by atoms with Gasteiger partial charge in [0.25, 0.3) is 0 Å². The van der Waals surface area contributed by atoms with E-state index in [0.29, 0.717) is 52.5 Å². The summed E-state index contributed by atoms with van der Waals surface area (Å²) in [5, 5.41) is 20.9. The largest absolute Gasteiger partial charge is 0.492 e. The second-order valence-corrected chi connectivity index (χ2v) is 17.4. The van der Waals surface area contributed by atoms with Gasteiger partial charge >= 0.3 is 0 Å². The van der Waals surface area contributed by atoms with Gasteiger partial charge in [-0.3, -0.25) is 19.4 Å². The molecule has 6 rings (SSSR count). The third kappa shape index (κ3) is 20.9. The van der Waals surface area contributed by atoms with Crippen molar-refractivity contribution in [2.75, 3.05) is 157 Å². The SMILES string of the molecule is O=C(CN1CCNCCNCCNCC1)N(CCOc1ccc(Cc2ccc(OCCN(CCc3ccccc3)C(=O)CN3CCNCCNCCNCC3)cc2)cc1)CCc1ccccc1. The zero-order chi connectivity index (χ0) is 46.4. The van der Waals surface area contributed by atoms with Crippen LogP contribution >= 0.6 is 0 Å². The van der Waals surface area contributed by atoms with Crippen LogP contribution in [-0.2, 0) is 28.9 Å². The molecule has 67 heavy (non-hydrogen) atoms. The summed E-state index contributed by atoms with van der Waals surface area (Å²) in [5.41, 5.74) is 4.80. The van der Waals surface area contributed by atoms with Crippen molar-refractivity contribution >= 4 is 11.8 Å². The molecule has 0 bridgehead atoms. The van der Waals surface area contributed by atoms with E-state index < -0.39 is 0 Å². The molecule has 6 N–H and O–H groups in total. The Morgan fingerprint density at radius 1 is 0.403 bits per heavy atom. The van der Waals surface area contributed by atoms with E-state index in [1.165, 1.54) is 22.3 Å². The number of hydrogen-bond acceptors (Lipinski definition) is 12. The number of carbonyl (C=O) groups is 2. The van der Waals surface area contributed by atoms with Crippen LogP contribution in [0.3, 0.4) is 0 Å². The summed E-state index contributed by atoms with van der Waals surface area (Å²) in [7, 11) is 0. The second-order valence-electron chi connectivity index (χ2n) is 17.4. The van der Waals surface area contributed by atoms with Gasteiger partial charge in [-0.15, -0.1) is 0 Å². The van der Waals surface area contributed by atoms with Gasteiger partial charge in [0.15, 0.2) is 0 Å². The van der Waals surface area contributed by atoms with Gasteiger partial charge in [-0.25, -0.2) is 0 Å². The minimum absolute atomic E-state index is 0.135. The molecule has 0 aromatic heterocycles. The normalized spacial score (nSPS) is 16.6. The van der Waals surface area contributed by atoms with E-state index in [2.05, 4.69) is 114 Å². The van der Waals surface area contributed by atoms with E-state index in [1.807, 2.05) is 46.2 Å². The molecule has 4 aromatic rings. The molecule has 2 aliphatic heterocycles. The molecule has 2 saturated heterocycles. The molecule has 0 spiro atoms. The average molecular weight is 919 g/mol. The van der Waals surface area contributed by atoms with E-state index in [-0.39, 0.29) is 11.8 Å². The molecule has 2 aliphatic rings. The van der Waals surface area contributed by atoms with E-state index in [9.17, 15) is 9.59 Å². The predicted molar refractivity (Wildman–Crippen MR) is 270 cm³/mol. The van der Waals surface area contributed by atoms with Gasteiger partial charge in [0.05, 0.1) is 26.2 Å². The lowest BCUT2D eigenvalue weighted by molar-refractivity contribution is -0.133. The zero-order valence-electron chi connectivity index (χ0n) is 39.9. The third-order valence-electron chi connectivity index (χ3n) is 12.3. The topological polar surface area (TPSA) is 138 Å². The van der Waals surface area contributed by atoms with Crippen LogP contribution in [0.4, 0.5) is 0 Å². The highest BCUT2D eigenvalue weighted by Crippen LogP contribution is 2.18. The smallest absolute Gasteiger partial charge is 0.236 e. The standard InChI is InChI=1S/C53H78N10O4/c64-52(44-60-35-29-56-25-21-54-22-26-57-30-36-60)62(33-19-46-7-3-1-4-8-46)39-41-66-50-15-11-48(12-16-50)43-49-13-17-51(18-14-49)67-42-40-63(34-20-47-9-5-2-6-10-47)53(65)45-61-37-31-58-27-23-55-24-28-59-32-38-61/h1-18,54-59H,19-45H2. The van der Waals surface area contributed by atoms with Crippen LogP contribution < -0.4 is 41.4 Å². The van der Waals surface area contributed by atoms with Crippen LogP contribution in [0.5, 0.6) is 11.5 Å². The van der Waals surface area contributed by atoms with Crippen molar-refractivity contribution in [2.24, 2.45) is 0 Å². The highest BCUT2D eigenvalue weighted by Gasteiger charge is 2.20. The Labute approximate surface area is 400 Å². The first-order valence-corrected chi connectivity index (χ1v) is 24.8. The highest BCUT2D eigenvalue weighted by molar-refractivity contribution is 5.78. The highest BCUT2D eigenvalue weighted by atomic mass is 16.5. The first-order chi connectivity index (χ1) is 33.1. The molecule has 0 saturated carbocycles. The van der Waals surface area contributed by atoms with Crippen LogP contribution in [-0.4, -0.2) is 189 Å². The van der Waals surface area contributed by atoms with E-state index in [0.717, 1.165) is 135 Å². The van der Waals surface area contributed by atoms with E-state index >= 15 is 0 Å². The maximum atomic E-state index is 13.8. The average Bonchev–Trinajstić information content (AvgIpc) is 3.34. The third-order valence-corrected chi connectivity index (χ3v) is 12.3. The van der Waals surface area contributed by atoms with E-state index in [1.54, 1.807) is 0 Å². The molecule has 0 aliphatic carbocycles. The number of rotatable bonds is 20. The van der Waals surface area contributed by atoms with Gasteiger partial charge in [0.2, 0.25) is 11.8 Å². The van der Waals surface area contributed by atoms with Crippen LogP contribution in [0.1, 0.15) is 22.3 Å². The molecule has 0 atom stereocenters. The van der Waals surface area contributed by atoms with Crippen LogP contribution in [0.2, 0.25) is 0 Å². The van der Waals surface area contributed by atoms with Crippen molar-refractivity contribution < 1.29 is 19.1 Å². The Balaban J connectivity index is 0.959. The number of hydrogen-bond donors (Lipinski definition) is 6. The molecular formula is C53H78N10O4. The van der Waals surface area contributed by atoms with Crippen LogP contribution in [0, 0.1) is 0 Å². The van der Waals surface area contributed by atoms with Gasteiger partial charge in [-0.05, 0) is 65.8 Å². The van der Waals surface area contributed by atoms with Crippen molar-refractivity contribution in [3.8, 4) is 11.5 Å². The maximum Gasteiger partial charge on any atom is 0.236 e. The summed E-state index contributed by atoms with van der Waals surface area (Å²) in [5.74, 6) is 1.85. The summed E-state index contributed by atoms with van der Waals surface area (Å²) >= 11 is 0. The molecule has 2 heterocycles. The fraction of sp³-hybridized carbons (Fsp3) is 0.509. The Kier molecular flexibility index (Phi) is 24.0. The lowest BCUT2D eigenvalue weighted by atomic mass is 10.0. The summed E-state index contributed by atoms with van der Waals surface area (Å²) < 4.78 is 12.5. The Morgan fingerprint density at radius 3 is 1.07 bits per heavy atom. The van der Waals surface area contributed by atoms with Gasteiger partial charge in [-0.2, -0.15) is 0 Å². The molecular weight excluding hydrogens is 841 g/mol. The predicted octanol–water partition coefficient (Wildman–Crippen LogP) is 2.35. The summed E-state index contributed by atoms with van der Waals surface area (Å²) in [4.78, 5) is 36.1. The molecule has 364 valence electrons. The quantitative estimate of drug-likeness (QED) is 0.0778. The first-order valence-electron chi connectivity index (χ1n) is 24.8. The van der Waals surface area contributed by atoms with Crippen LogP contribution in [0.25, 0.3) is 0 Å². The van der Waals surface area contributed by atoms with Gasteiger partial charge in [-0.1, -0.05) is 84.9 Å². The van der Waals surface area contributed by atoms with Crippen molar-refractivity contribution in [1.29, 1.82) is 0 Å². The molecule has 0 unspecified atom stereocenters. The number of nitrogens with one attached hydrogen (secondary N) is 6. The molecule has 14 nitrogen and oxygen atoms in total. The lowest BCUT2D eigenvalue weighted by Gasteiger charge is -2.28. The number of ether oxygens (including phenoxy) is 2. The van der Waals surface area contributed by atoms with Gasteiger partial charge in [0.1, 0.15) is 24.7 Å².